The van der Waals surface area contributed by atoms with Crippen LogP contribution in [0.3, 0.4) is 0 Å². The summed E-state index contributed by atoms with van der Waals surface area (Å²) in [6.45, 7) is 0. The molecule has 0 aliphatic heterocycles. The van der Waals surface area contributed by atoms with Gasteiger partial charge in [-0.15, -0.1) is 35.3 Å². The van der Waals surface area contributed by atoms with Gasteiger partial charge in [-0.25, -0.2) is 0 Å². The molecule has 0 bridgehead atoms. The molecule has 0 spiro atoms. The highest BCUT2D eigenvalue weighted by Gasteiger charge is 2.02. The minimum Gasteiger partial charge on any atom is -0.144 e. The third-order valence-corrected chi connectivity index (χ3v) is 4.85. The summed E-state index contributed by atoms with van der Waals surface area (Å²) in [7, 11) is 0. The minimum absolute atomic E-state index is 1.06. The smallest absolute Gasteiger partial charge is 0.0574 e. The summed E-state index contributed by atoms with van der Waals surface area (Å²) in [4.78, 5) is 2.59. The number of thiol groups is 1. The highest BCUT2D eigenvalue weighted by atomic mass is 32.2. The van der Waals surface area contributed by atoms with Gasteiger partial charge in [-0.05, 0) is 34.7 Å². The average Bonchev–Trinajstić information content (AvgIpc) is 3.00. The highest BCUT2D eigenvalue weighted by Crippen LogP contribution is 2.32. The van der Waals surface area contributed by atoms with Crippen molar-refractivity contribution in [2.75, 3.05) is 0 Å². The first kappa shape index (κ1) is 11.1. The summed E-state index contributed by atoms with van der Waals surface area (Å²) in [5.41, 5.74) is 2.54. The summed E-state index contributed by atoms with van der Waals surface area (Å²) in [6, 6.07) is 17.1. The van der Waals surface area contributed by atoms with Gasteiger partial charge in [0.1, 0.15) is 0 Å². The second-order valence-electron chi connectivity index (χ2n) is 3.69. The Bertz CT molecular complexity index is 603. The Morgan fingerprint density at radius 2 is 1.47 bits per heavy atom. The lowest BCUT2D eigenvalue weighted by molar-refractivity contribution is 1.68. The van der Waals surface area contributed by atoms with Gasteiger partial charge in [0.25, 0.3) is 0 Å². The van der Waals surface area contributed by atoms with Crippen molar-refractivity contribution in [3.8, 4) is 20.9 Å². The first-order valence-electron chi connectivity index (χ1n) is 5.26. The summed E-state index contributed by atoms with van der Waals surface area (Å²) in [6.07, 6.45) is 0. The molecule has 0 aliphatic rings. The van der Waals surface area contributed by atoms with Crippen LogP contribution in [-0.4, -0.2) is 0 Å². The largest absolute Gasteiger partial charge is 0.144 e. The molecule has 3 aromatic rings. The Kier molecular flexibility index (Phi) is 3.05. The second-order valence-corrected chi connectivity index (χ2v) is 6.51. The van der Waals surface area contributed by atoms with E-state index >= 15 is 0 Å². The van der Waals surface area contributed by atoms with E-state index in [1.165, 1.54) is 20.9 Å². The molecule has 84 valence electrons. The normalized spacial score (nSPS) is 10.6. The zero-order valence-electron chi connectivity index (χ0n) is 8.96. The van der Waals surface area contributed by atoms with E-state index in [-0.39, 0.29) is 0 Å². The molecule has 0 nitrogen and oxygen atoms in total. The van der Waals surface area contributed by atoms with E-state index in [1.54, 1.807) is 22.7 Å². The van der Waals surface area contributed by atoms with Gasteiger partial charge in [-0.2, -0.15) is 0 Å². The first-order chi connectivity index (χ1) is 8.33. The molecular weight excluding hydrogens is 264 g/mol. The van der Waals surface area contributed by atoms with Crippen molar-refractivity contribution < 1.29 is 0 Å². The van der Waals surface area contributed by atoms with Crippen LogP contribution >= 0.6 is 35.3 Å². The molecule has 0 aliphatic carbocycles. The van der Waals surface area contributed by atoms with Crippen molar-refractivity contribution in [1.29, 1.82) is 0 Å². The molecule has 0 radical (unpaired) electrons. The van der Waals surface area contributed by atoms with Crippen LogP contribution in [0.15, 0.2) is 58.1 Å². The maximum atomic E-state index is 4.34. The van der Waals surface area contributed by atoms with Crippen LogP contribution in [0, 0.1) is 0 Å². The van der Waals surface area contributed by atoms with E-state index in [1.807, 2.05) is 6.07 Å². The Hall–Kier alpha value is -1.03. The molecule has 0 amide bonds. The lowest BCUT2D eigenvalue weighted by Gasteiger charge is -2.00. The van der Waals surface area contributed by atoms with Crippen molar-refractivity contribution in [3.63, 3.8) is 0 Å². The third-order valence-electron chi connectivity index (χ3n) is 2.57. The van der Waals surface area contributed by atoms with Gasteiger partial charge in [-0.3, -0.25) is 0 Å². The van der Waals surface area contributed by atoms with Crippen LogP contribution in [0.4, 0.5) is 0 Å². The van der Waals surface area contributed by atoms with Crippen LogP contribution in [0.1, 0.15) is 0 Å². The maximum Gasteiger partial charge on any atom is 0.0574 e. The fourth-order valence-corrected chi connectivity index (χ4v) is 3.58. The van der Waals surface area contributed by atoms with Crippen molar-refractivity contribution in [2.45, 2.75) is 4.21 Å². The summed E-state index contributed by atoms with van der Waals surface area (Å²) < 4.78 is 1.06. The van der Waals surface area contributed by atoms with E-state index in [4.69, 9.17) is 0 Å². The Labute approximate surface area is 114 Å². The van der Waals surface area contributed by atoms with Gasteiger partial charge >= 0.3 is 0 Å². The van der Waals surface area contributed by atoms with E-state index in [9.17, 15) is 0 Å². The third kappa shape index (κ3) is 2.32. The molecule has 0 unspecified atom stereocenters. The highest BCUT2D eigenvalue weighted by molar-refractivity contribution is 7.83. The van der Waals surface area contributed by atoms with Crippen LogP contribution in [0.2, 0.25) is 0 Å². The summed E-state index contributed by atoms with van der Waals surface area (Å²) in [5, 5.41) is 2.11. The zero-order valence-corrected chi connectivity index (χ0v) is 11.5. The zero-order chi connectivity index (χ0) is 11.7. The predicted molar refractivity (Wildman–Crippen MR) is 80.3 cm³/mol. The first-order valence-corrected chi connectivity index (χ1v) is 7.40. The average molecular weight is 274 g/mol. The van der Waals surface area contributed by atoms with Crippen molar-refractivity contribution in [2.24, 2.45) is 0 Å². The molecule has 0 N–H and O–H groups in total. The second kappa shape index (κ2) is 4.69. The van der Waals surface area contributed by atoms with Gasteiger partial charge in [0.2, 0.25) is 0 Å². The monoisotopic (exact) mass is 274 g/mol. The molecule has 3 heteroatoms. The molecule has 1 aromatic carbocycles. The van der Waals surface area contributed by atoms with Crippen molar-refractivity contribution >= 4 is 35.3 Å². The topological polar surface area (TPSA) is 0 Å². The number of thiophene rings is 2. The van der Waals surface area contributed by atoms with Gasteiger partial charge in [0.15, 0.2) is 0 Å². The molecule has 2 heterocycles. The predicted octanol–water partition coefficient (Wildman–Crippen LogP) is 5.43. The van der Waals surface area contributed by atoms with Gasteiger partial charge in [-0.1, -0.05) is 30.3 Å². The minimum atomic E-state index is 1.06. The van der Waals surface area contributed by atoms with Crippen molar-refractivity contribution in [3.05, 3.63) is 53.9 Å². The van der Waals surface area contributed by atoms with Crippen LogP contribution in [-0.2, 0) is 0 Å². The lowest BCUT2D eigenvalue weighted by Crippen LogP contribution is -1.74. The van der Waals surface area contributed by atoms with E-state index in [0.717, 1.165) is 4.21 Å². The molecule has 0 fully saturated rings. The van der Waals surface area contributed by atoms with E-state index < -0.39 is 0 Å². The van der Waals surface area contributed by atoms with E-state index in [2.05, 4.69) is 60.5 Å². The Morgan fingerprint density at radius 1 is 0.765 bits per heavy atom. The van der Waals surface area contributed by atoms with Gasteiger partial charge in [0, 0.05) is 9.75 Å². The fraction of sp³-hybridized carbons (Fsp3) is 0. The Balaban J connectivity index is 1.95. The number of rotatable bonds is 2. The molecule has 2 aromatic heterocycles. The molecule has 0 saturated carbocycles. The number of hydrogen-bond donors (Lipinski definition) is 1. The van der Waals surface area contributed by atoms with Crippen LogP contribution in [0.25, 0.3) is 20.9 Å². The molecular formula is C14H10S3. The standard InChI is InChI=1S/C14H10S3/c15-14-8-7-13(17-14)11-5-3-10(4-6-11)12-2-1-9-16-12/h1-9,15H. The number of hydrogen-bond acceptors (Lipinski definition) is 3. The molecule has 17 heavy (non-hydrogen) atoms. The quantitative estimate of drug-likeness (QED) is 0.592. The maximum absolute atomic E-state index is 4.34. The van der Waals surface area contributed by atoms with Crippen LogP contribution in [0.5, 0.6) is 0 Å². The molecule has 3 rings (SSSR count). The number of benzene rings is 1. The molecule has 0 saturated heterocycles. The Morgan fingerprint density at radius 3 is 2.00 bits per heavy atom. The summed E-state index contributed by atoms with van der Waals surface area (Å²) in [5.74, 6) is 0. The van der Waals surface area contributed by atoms with Gasteiger partial charge < -0.3 is 0 Å². The van der Waals surface area contributed by atoms with E-state index in [0.29, 0.717) is 0 Å². The molecule has 0 atom stereocenters. The fourth-order valence-electron chi connectivity index (χ4n) is 1.72. The van der Waals surface area contributed by atoms with Crippen LogP contribution < -0.4 is 0 Å². The summed E-state index contributed by atoms with van der Waals surface area (Å²) >= 11 is 7.83. The van der Waals surface area contributed by atoms with Gasteiger partial charge in [0.05, 0.1) is 4.21 Å². The SMILES string of the molecule is Sc1ccc(-c2ccc(-c3cccs3)cc2)s1. The van der Waals surface area contributed by atoms with Crippen molar-refractivity contribution in [1.82, 2.24) is 0 Å². The lowest BCUT2D eigenvalue weighted by atomic mass is 10.1.